The molecule has 0 heterocycles. The first-order chi connectivity index (χ1) is 13.3. The fourth-order valence-corrected chi connectivity index (χ4v) is 9.55. The van der Waals surface area contributed by atoms with E-state index in [1.165, 1.54) is 77.0 Å². The first-order valence-corrected chi connectivity index (χ1v) is 13.3. The highest BCUT2D eigenvalue weighted by atomic mass is 35.5. The topological polar surface area (TPSA) is 0 Å². The van der Waals surface area contributed by atoms with Crippen LogP contribution < -0.4 is 0 Å². The maximum absolute atomic E-state index is 6.60. The summed E-state index contributed by atoms with van der Waals surface area (Å²) in [5, 5.41) is 0.464. The molecule has 28 heavy (non-hydrogen) atoms. The Morgan fingerprint density at radius 3 is 2.29 bits per heavy atom. The van der Waals surface area contributed by atoms with Gasteiger partial charge in [-0.1, -0.05) is 53.9 Å². The molecule has 162 valence electrons. The van der Waals surface area contributed by atoms with Crippen LogP contribution in [0, 0.1) is 52.3 Å². The number of hydrogen-bond donors (Lipinski definition) is 0. The van der Waals surface area contributed by atoms with E-state index in [4.69, 9.17) is 11.6 Å². The molecule has 0 bridgehead atoms. The van der Waals surface area contributed by atoms with Gasteiger partial charge in [0.15, 0.2) is 0 Å². The van der Waals surface area contributed by atoms with E-state index in [1.54, 1.807) is 0 Å². The summed E-state index contributed by atoms with van der Waals surface area (Å²) in [6.07, 6.45) is 17.4. The minimum Gasteiger partial charge on any atom is -0.123 e. The fraction of sp³-hybridized carbons (Fsp3) is 1.00. The summed E-state index contributed by atoms with van der Waals surface area (Å²) in [4.78, 5) is 0. The lowest BCUT2D eigenvalue weighted by atomic mass is 9.44. The van der Waals surface area contributed by atoms with Gasteiger partial charge in [0.2, 0.25) is 0 Å². The molecule has 4 fully saturated rings. The van der Waals surface area contributed by atoms with Crippen molar-refractivity contribution in [2.24, 2.45) is 52.3 Å². The Kier molecular flexibility index (Phi) is 6.22. The zero-order valence-electron chi connectivity index (χ0n) is 19.5. The predicted molar refractivity (Wildman–Crippen MR) is 123 cm³/mol. The van der Waals surface area contributed by atoms with Crippen molar-refractivity contribution in [1.82, 2.24) is 0 Å². The average Bonchev–Trinajstić information content (AvgIpc) is 2.99. The molecule has 0 amide bonds. The molecule has 0 N–H and O–H groups in total. The van der Waals surface area contributed by atoms with E-state index in [0.717, 1.165) is 41.4 Å². The lowest BCUT2D eigenvalue weighted by molar-refractivity contribution is -0.113. The van der Waals surface area contributed by atoms with E-state index in [-0.39, 0.29) is 0 Å². The number of hydrogen-bond acceptors (Lipinski definition) is 0. The van der Waals surface area contributed by atoms with Gasteiger partial charge in [0.25, 0.3) is 0 Å². The lowest BCUT2D eigenvalue weighted by Crippen LogP contribution is -2.53. The summed E-state index contributed by atoms with van der Waals surface area (Å²) in [5.41, 5.74) is 1.25. The van der Waals surface area contributed by atoms with Crippen molar-refractivity contribution in [3.05, 3.63) is 0 Å². The second-order valence-corrected chi connectivity index (χ2v) is 13.2. The molecule has 0 aromatic heterocycles. The van der Waals surface area contributed by atoms with Gasteiger partial charge in [0, 0.05) is 5.38 Å². The summed E-state index contributed by atoms with van der Waals surface area (Å²) in [5.74, 6) is 6.77. The summed E-state index contributed by atoms with van der Waals surface area (Å²) < 4.78 is 0. The molecule has 0 aliphatic heterocycles. The molecule has 4 saturated carbocycles. The molecule has 0 radical (unpaired) electrons. The van der Waals surface area contributed by atoms with Crippen molar-refractivity contribution in [1.29, 1.82) is 0 Å². The summed E-state index contributed by atoms with van der Waals surface area (Å²) in [7, 11) is 0. The van der Waals surface area contributed by atoms with E-state index in [1.807, 2.05) is 0 Å². The predicted octanol–water partition coefficient (Wildman–Crippen LogP) is 8.72. The highest BCUT2D eigenvalue weighted by molar-refractivity contribution is 6.20. The Labute approximate surface area is 181 Å². The molecule has 0 saturated heterocycles. The Morgan fingerprint density at radius 2 is 1.54 bits per heavy atom. The molecular weight excluding hydrogens is 360 g/mol. The third-order valence-electron chi connectivity index (χ3n) is 10.8. The Bertz CT molecular complexity index is 540. The van der Waals surface area contributed by atoms with Crippen LogP contribution in [0.1, 0.15) is 112 Å². The van der Waals surface area contributed by atoms with E-state index in [0.29, 0.717) is 16.2 Å². The number of fused-ring (bicyclic) bond motifs is 5. The van der Waals surface area contributed by atoms with Crippen molar-refractivity contribution < 1.29 is 0 Å². The molecule has 0 aromatic rings. The molecule has 0 unspecified atom stereocenters. The van der Waals surface area contributed by atoms with Gasteiger partial charge in [-0.3, -0.25) is 0 Å². The quantitative estimate of drug-likeness (QED) is 0.400. The van der Waals surface area contributed by atoms with E-state index in [2.05, 4.69) is 34.6 Å². The normalized spacial score (nSPS) is 49.4. The minimum atomic E-state index is 0.464. The molecule has 0 spiro atoms. The highest BCUT2D eigenvalue weighted by Gasteiger charge is 2.60. The Hall–Kier alpha value is 0.290. The fourth-order valence-electron chi connectivity index (χ4n) is 9.23. The highest BCUT2D eigenvalue weighted by Crippen LogP contribution is 2.68. The SMILES string of the molecule is CC(C)CCC[C@@H](C)[C@@H]1CC[C@@H]2[C@@H]3CC[C@H]4C[C@H](Cl)CC[C@]4(C)[C@@H]3CC[C@]21C. The molecule has 4 aliphatic carbocycles. The van der Waals surface area contributed by atoms with Crippen LogP contribution in [-0.2, 0) is 0 Å². The standard InChI is InChI=1S/C27H47Cl/c1-18(2)7-6-8-19(3)23-11-12-24-22-10-9-20-17-21(28)13-15-26(20,4)25(22)14-16-27(23,24)5/h18-25H,6-17H2,1-5H3/t19-,20+,21-,22+,23+,24-,25-,26+,27+/m1/s1. The van der Waals surface area contributed by atoms with Crippen molar-refractivity contribution in [3.8, 4) is 0 Å². The van der Waals surface area contributed by atoms with Crippen LogP contribution in [0.4, 0.5) is 0 Å². The van der Waals surface area contributed by atoms with E-state index < -0.39 is 0 Å². The van der Waals surface area contributed by atoms with E-state index >= 15 is 0 Å². The summed E-state index contributed by atoms with van der Waals surface area (Å²) in [6.45, 7) is 12.8. The number of rotatable bonds is 5. The lowest BCUT2D eigenvalue weighted by Gasteiger charge is -2.61. The van der Waals surface area contributed by atoms with Gasteiger partial charge in [0.1, 0.15) is 0 Å². The Morgan fingerprint density at radius 1 is 0.821 bits per heavy atom. The summed E-state index contributed by atoms with van der Waals surface area (Å²) in [6, 6.07) is 0. The van der Waals surface area contributed by atoms with Gasteiger partial charge in [-0.15, -0.1) is 11.6 Å². The van der Waals surface area contributed by atoms with Crippen LogP contribution in [0.3, 0.4) is 0 Å². The van der Waals surface area contributed by atoms with E-state index in [9.17, 15) is 0 Å². The van der Waals surface area contributed by atoms with Crippen molar-refractivity contribution >= 4 is 11.6 Å². The maximum Gasteiger partial charge on any atom is 0.0339 e. The van der Waals surface area contributed by atoms with Gasteiger partial charge >= 0.3 is 0 Å². The van der Waals surface area contributed by atoms with Gasteiger partial charge in [0.05, 0.1) is 0 Å². The molecule has 0 aromatic carbocycles. The third-order valence-corrected chi connectivity index (χ3v) is 11.2. The minimum absolute atomic E-state index is 0.464. The van der Waals surface area contributed by atoms with Crippen LogP contribution in [0.25, 0.3) is 0 Å². The van der Waals surface area contributed by atoms with Crippen molar-refractivity contribution in [3.63, 3.8) is 0 Å². The largest absolute Gasteiger partial charge is 0.123 e. The molecule has 0 nitrogen and oxygen atoms in total. The third kappa shape index (κ3) is 3.61. The van der Waals surface area contributed by atoms with Gasteiger partial charge < -0.3 is 0 Å². The van der Waals surface area contributed by atoms with Crippen LogP contribution in [0.2, 0.25) is 0 Å². The number of halogens is 1. The average molecular weight is 407 g/mol. The molecule has 1 heteroatoms. The van der Waals surface area contributed by atoms with Crippen molar-refractivity contribution in [2.45, 2.75) is 117 Å². The van der Waals surface area contributed by atoms with Gasteiger partial charge in [-0.05, 0) is 110 Å². The van der Waals surface area contributed by atoms with Gasteiger partial charge in [-0.2, -0.15) is 0 Å². The first-order valence-electron chi connectivity index (χ1n) is 12.9. The van der Waals surface area contributed by atoms with Crippen LogP contribution >= 0.6 is 11.6 Å². The van der Waals surface area contributed by atoms with Crippen LogP contribution in [0.5, 0.6) is 0 Å². The smallest absolute Gasteiger partial charge is 0.0339 e. The van der Waals surface area contributed by atoms with Crippen molar-refractivity contribution in [2.75, 3.05) is 0 Å². The zero-order chi connectivity index (χ0) is 20.1. The Balaban J connectivity index is 1.46. The van der Waals surface area contributed by atoms with Crippen LogP contribution in [0.15, 0.2) is 0 Å². The molecule has 4 aliphatic rings. The summed E-state index contributed by atoms with van der Waals surface area (Å²) >= 11 is 6.60. The second kappa shape index (κ2) is 8.09. The zero-order valence-corrected chi connectivity index (χ0v) is 20.2. The monoisotopic (exact) mass is 406 g/mol. The molecule has 9 atom stereocenters. The maximum atomic E-state index is 6.60. The van der Waals surface area contributed by atoms with Gasteiger partial charge in [-0.25, -0.2) is 0 Å². The molecule has 4 rings (SSSR count). The van der Waals surface area contributed by atoms with Crippen LogP contribution in [-0.4, -0.2) is 5.38 Å². The molecular formula is C27H47Cl. The number of alkyl halides is 1. The second-order valence-electron chi connectivity index (χ2n) is 12.6. The first kappa shape index (κ1) is 21.5.